The third kappa shape index (κ3) is 3.31. The standard InChI is InChI=1S/C20H25NO3S/c1-4-20(5-2)14-25(22,23)18-13-16(24-3)11-12-17(18)19(21-20)15-9-7-6-8-10-15/h6-13,19,21H,4-5,14H2,1-3H3. The summed E-state index contributed by atoms with van der Waals surface area (Å²) in [5, 5.41) is 3.67. The second-order valence-corrected chi connectivity index (χ2v) is 8.60. The minimum Gasteiger partial charge on any atom is -0.497 e. The fourth-order valence-electron chi connectivity index (χ4n) is 3.58. The van der Waals surface area contributed by atoms with Crippen LogP contribution in [0.2, 0.25) is 0 Å². The molecule has 25 heavy (non-hydrogen) atoms. The maximum Gasteiger partial charge on any atom is 0.180 e. The maximum absolute atomic E-state index is 13.2. The average molecular weight is 359 g/mol. The van der Waals surface area contributed by atoms with Gasteiger partial charge in [0, 0.05) is 5.54 Å². The van der Waals surface area contributed by atoms with Gasteiger partial charge >= 0.3 is 0 Å². The summed E-state index contributed by atoms with van der Waals surface area (Å²) < 4.78 is 31.6. The first-order valence-electron chi connectivity index (χ1n) is 8.68. The van der Waals surface area contributed by atoms with Crippen LogP contribution in [0.4, 0.5) is 0 Å². The topological polar surface area (TPSA) is 55.4 Å². The Morgan fingerprint density at radius 3 is 2.40 bits per heavy atom. The predicted octanol–water partition coefficient (Wildman–Crippen LogP) is 3.72. The van der Waals surface area contributed by atoms with E-state index >= 15 is 0 Å². The SMILES string of the molecule is CCC1(CC)CS(=O)(=O)c2cc(OC)ccc2C(c2ccccc2)N1. The average Bonchev–Trinajstić information content (AvgIpc) is 2.75. The molecule has 0 bridgehead atoms. The molecule has 1 unspecified atom stereocenters. The number of hydrogen-bond acceptors (Lipinski definition) is 4. The molecule has 0 amide bonds. The number of ether oxygens (including phenoxy) is 1. The van der Waals surface area contributed by atoms with Crippen LogP contribution < -0.4 is 10.1 Å². The van der Waals surface area contributed by atoms with Crippen molar-refractivity contribution in [2.45, 2.75) is 43.2 Å². The Hall–Kier alpha value is -1.85. The third-order valence-corrected chi connectivity index (χ3v) is 7.23. The van der Waals surface area contributed by atoms with E-state index in [1.165, 1.54) is 0 Å². The Labute approximate surface area is 150 Å². The predicted molar refractivity (Wildman–Crippen MR) is 99.8 cm³/mol. The van der Waals surface area contributed by atoms with Crippen LogP contribution >= 0.6 is 0 Å². The van der Waals surface area contributed by atoms with Gasteiger partial charge in [-0.25, -0.2) is 8.42 Å². The molecule has 4 nitrogen and oxygen atoms in total. The van der Waals surface area contributed by atoms with E-state index in [0.29, 0.717) is 10.6 Å². The van der Waals surface area contributed by atoms with Gasteiger partial charge in [0.25, 0.3) is 0 Å². The lowest BCUT2D eigenvalue weighted by Gasteiger charge is -2.34. The number of sulfone groups is 1. The molecular weight excluding hydrogens is 334 g/mol. The van der Waals surface area contributed by atoms with Crippen molar-refractivity contribution in [3.63, 3.8) is 0 Å². The summed E-state index contributed by atoms with van der Waals surface area (Å²) in [6.45, 7) is 4.09. The second-order valence-electron chi connectivity index (χ2n) is 6.64. The zero-order valence-corrected chi connectivity index (χ0v) is 15.8. The van der Waals surface area contributed by atoms with Crippen LogP contribution in [0.15, 0.2) is 53.4 Å². The van der Waals surface area contributed by atoms with Crippen LogP contribution in [-0.4, -0.2) is 26.8 Å². The lowest BCUT2D eigenvalue weighted by Crippen LogP contribution is -2.49. The number of benzene rings is 2. The van der Waals surface area contributed by atoms with Gasteiger partial charge < -0.3 is 4.74 Å². The summed E-state index contributed by atoms with van der Waals surface area (Å²) >= 11 is 0. The van der Waals surface area contributed by atoms with Gasteiger partial charge in [-0.1, -0.05) is 50.2 Å². The summed E-state index contributed by atoms with van der Waals surface area (Å²) in [4.78, 5) is 0.372. The molecule has 0 spiro atoms. The van der Waals surface area contributed by atoms with Gasteiger partial charge in [-0.2, -0.15) is 0 Å². The van der Waals surface area contributed by atoms with Gasteiger partial charge in [-0.3, -0.25) is 5.32 Å². The summed E-state index contributed by atoms with van der Waals surface area (Å²) in [6, 6.07) is 15.2. The highest BCUT2D eigenvalue weighted by molar-refractivity contribution is 7.91. The van der Waals surface area contributed by atoms with Gasteiger partial charge in [0.2, 0.25) is 0 Å². The van der Waals surface area contributed by atoms with E-state index in [0.717, 1.165) is 24.0 Å². The number of rotatable bonds is 4. The van der Waals surface area contributed by atoms with Gasteiger partial charge in [0.05, 0.1) is 23.8 Å². The molecule has 5 heteroatoms. The van der Waals surface area contributed by atoms with E-state index in [1.807, 2.05) is 56.3 Å². The van der Waals surface area contributed by atoms with Crippen LogP contribution in [0.25, 0.3) is 0 Å². The summed E-state index contributed by atoms with van der Waals surface area (Å²) in [6.07, 6.45) is 1.49. The quantitative estimate of drug-likeness (QED) is 0.904. The summed E-state index contributed by atoms with van der Waals surface area (Å²) in [7, 11) is -1.87. The first-order chi connectivity index (χ1) is 11.9. The van der Waals surface area contributed by atoms with Crippen LogP contribution in [0.3, 0.4) is 0 Å². The zero-order chi connectivity index (χ0) is 18.1. The monoisotopic (exact) mass is 359 g/mol. The van der Waals surface area contributed by atoms with Crippen LogP contribution in [0.1, 0.15) is 43.9 Å². The van der Waals surface area contributed by atoms with E-state index in [4.69, 9.17) is 4.74 Å². The number of nitrogens with one attached hydrogen (secondary N) is 1. The highest BCUT2D eigenvalue weighted by Crippen LogP contribution is 2.38. The summed E-state index contributed by atoms with van der Waals surface area (Å²) in [5.41, 5.74) is 1.40. The summed E-state index contributed by atoms with van der Waals surface area (Å²) in [5.74, 6) is 0.658. The van der Waals surface area contributed by atoms with Crippen molar-refractivity contribution < 1.29 is 13.2 Å². The van der Waals surface area contributed by atoms with E-state index < -0.39 is 15.4 Å². The normalized spacial score (nSPS) is 21.2. The van der Waals surface area contributed by atoms with Crippen molar-refractivity contribution in [3.8, 4) is 5.75 Å². The molecule has 0 fully saturated rings. The molecule has 2 aromatic carbocycles. The highest BCUT2D eigenvalue weighted by Gasteiger charge is 2.41. The molecule has 1 aliphatic rings. The molecular formula is C20H25NO3S. The number of fused-ring (bicyclic) bond motifs is 1. The molecule has 0 aromatic heterocycles. The Morgan fingerprint density at radius 2 is 1.80 bits per heavy atom. The Bertz CT molecular complexity index is 842. The van der Waals surface area contributed by atoms with Gasteiger partial charge in [0.1, 0.15) is 5.75 Å². The van der Waals surface area contributed by atoms with Crippen molar-refractivity contribution in [3.05, 3.63) is 59.7 Å². The molecule has 1 heterocycles. The molecule has 0 saturated carbocycles. The molecule has 3 rings (SSSR count). The molecule has 2 aromatic rings. The smallest absolute Gasteiger partial charge is 0.180 e. The Balaban J connectivity index is 2.26. The highest BCUT2D eigenvalue weighted by atomic mass is 32.2. The largest absolute Gasteiger partial charge is 0.497 e. The second kappa shape index (κ2) is 6.81. The fraction of sp³-hybridized carbons (Fsp3) is 0.400. The van der Waals surface area contributed by atoms with Crippen LogP contribution in [0, 0.1) is 0 Å². The van der Waals surface area contributed by atoms with E-state index in [-0.39, 0.29) is 11.8 Å². The lowest BCUT2D eigenvalue weighted by atomic mass is 9.90. The minimum absolute atomic E-state index is 0.0938. The number of methoxy groups -OCH3 is 1. The van der Waals surface area contributed by atoms with Gasteiger partial charge in [0.15, 0.2) is 9.84 Å². The van der Waals surface area contributed by atoms with Crippen LogP contribution in [0.5, 0.6) is 5.75 Å². The van der Waals surface area contributed by atoms with E-state index in [1.54, 1.807) is 13.2 Å². The van der Waals surface area contributed by atoms with E-state index in [9.17, 15) is 8.42 Å². The lowest BCUT2D eigenvalue weighted by molar-refractivity contribution is 0.313. The fourth-order valence-corrected chi connectivity index (χ4v) is 5.80. The van der Waals surface area contributed by atoms with E-state index in [2.05, 4.69) is 5.32 Å². The first kappa shape index (κ1) is 18.0. The van der Waals surface area contributed by atoms with Crippen molar-refractivity contribution >= 4 is 9.84 Å². The third-order valence-electron chi connectivity index (χ3n) is 5.27. The van der Waals surface area contributed by atoms with Gasteiger partial charge in [-0.15, -0.1) is 0 Å². The molecule has 134 valence electrons. The molecule has 1 aliphatic heterocycles. The van der Waals surface area contributed by atoms with Crippen molar-refractivity contribution in [2.24, 2.45) is 0 Å². The molecule has 1 N–H and O–H groups in total. The van der Waals surface area contributed by atoms with Crippen molar-refractivity contribution in [1.82, 2.24) is 5.32 Å². The Kier molecular flexibility index (Phi) is 4.89. The molecule has 0 radical (unpaired) electrons. The minimum atomic E-state index is -3.43. The maximum atomic E-state index is 13.2. The van der Waals surface area contributed by atoms with Crippen LogP contribution in [-0.2, 0) is 9.84 Å². The van der Waals surface area contributed by atoms with Gasteiger partial charge in [-0.05, 0) is 36.1 Å². The molecule has 1 atom stereocenters. The molecule has 0 saturated heterocycles. The zero-order valence-electron chi connectivity index (χ0n) is 15.0. The van der Waals surface area contributed by atoms with Crippen molar-refractivity contribution in [1.29, 1.82) is 0 Å². The number of hydrogen-bond donors (Lipinski definition) is 1. The molecule has 0 aliphatic carbocycles. The Morgan fingerprint density at radius 1 is 1.12 bits per heavy atom. The first-order valence-corrected chi connectivity index (χ1v) is 10.3. The van der Waals surface area contributed by atoms with Crippen molar-refractivity contribution in [2.75, 3.05) is 12.9 Å².